The van der Waals surface area contributed by atoms with Crippen LogP contribution in [0, 0.1) is 0 Å². The van der Waals surface area contributed by atoms with E-state index in [9.17, 15) is 4.79 Å². The number of amides is 1. The molecule has 3 rings (SSSR count). The fourth-order valence-electron chi connectivity index (χ4n) is 2.16. The Hall–Kier alpha value is -2.54. The van der Waals surface area contributed by atoms with Crippen LogP contribution in [0.15, 0.2) is 47.4 Å². The van der Waals surface area contributed by atoms with Crippen molar-refractivity contribution in [1.29, 1.82) is 0 Å². The summed E-state index contributed by atoms with van der Waals surface area (Å²) in [5.74, 6) is -0.203. The van der Waals surface area contributed by atoms with Gasteiger partial charge in [0.2, 0.25) is 0 Å². The smallest absolute Gasteiger partial charge is 0.273 e. The zero-order chi connectivity index (χ0) is 15.9. The fourth-order valence-corrected chi connectivity index (χ4v) is 2.75. The third-order valence-corrected chi connectivity index (χ3v) is 4.03. The van der Waals surface area contributed by atoms with E-state index < -0.39 is 0 Å². The van der Waals surface area contributed by atoms with Crippen LogP contribution in [-0.2, 0) is 19.4 Å². The molecule has 1 amide bonds. The number of hydrogen-bond acceptors (Lipinski definition) is 5. The highest BCUT2D eigenvalue weighted by molar-refractivity contribution is 7.07. The summed E-state index contributed by atoms with van der Waals surface area (Å²) in [5.41, 5.74) is 4.35. The van der Waals surface area contributed by atoms with Crippen LogP contribution in [0.25, 0.3) is 0 Å². The van der Waals surface area contributed by atoms with E-state index in [-0.39, 0.29) is 5.91 Å². The average Bonchev–Trinajstić information content (AvgIpc) is 3.25. The van der Waals surface area contributed by atoms with Gasteiger partial charge in [0.05, 0.1) is 17.4 Å². The zero-order valence-electron chi connectivity index (χ0n) is 12.6. The summed E-state index contributed by atoms with van der Waals surface area (Å²) < 4.78 is 1.70. The van der Waals surface area contributed by atoms with E-state index in [2.05, 4.69) is 32.7 Å². The molecule has 0 radical (unpaired) electrons. The number of carbonyl (C=O) groups is 1. The van der Waals surface area contributed by atoms with Crippen molar-refractivity contribution in [3.63, 3.8) is 0 Å². The van der Waals surface area contributed by atoms with E-state index in [1.165, 1.54) is 5.56 Å². The van der Waals surface area contributed by atoms with Crippen LogP contribution in [0.1, 0.15) is 21.7 Å². The standard InChI is InChI=1S/C16H17N5OS/c22-16(17-8-6-14-11-23-12-18-14)15-10-21(20-19-15)9-7-13-4-2-1-3-5-13/h1-5,10-12H,6-9H2,(H,17,22). The second-order valence-corrected chi connectivity index (χ2v) is 5.81. The lowest BCUT2D eigenvalue weighted by Crippen LogP contribution is -2.26. The molecule has 6 nitrogen and oxygen atoms in total. The topological polar surface area (TPSA) is 72.7 Å². The Bertz CT molecular complexity index is 739. The van der Waals surface area contributed by atoms with Crippen molar-refractivity contribution in [1.82, 2.24) is 25.3 Å². The van der Waals surface area contributed by atoms with Gasteiger partial charge in [-0.05, 0) is 12.0 Å². The maximum absolute atomic E-state index is 12.0. The van der Waals surface area contributed by atoms with Crippen molar-refractivity contribution < 1.29 is 4.79 Å². The van der Waals surface area contributed by atoms with Gasteiger partial charge in [-0.3, -0.25) is 9.48 Å². The van der Waals surface area contributed by atoms with Crippen LogP contribution < -0.4 is 5.32 Å². The normalized spacial score (nSPS) is 10.6. The molecule has 0 atom stereocenters. The third kappa shape index (κ3) is 4.46. The fraction of sp³-hybridized carbons (Fsp3) is 0.250. The van der Waals surface area contributed by atoms with Gasteiger partial charge in [0.15, 0.2) is 5.69 Å². The molecular weight excluding hydrogens is 310 g/mol. The van der Waals surface area contributed by atoms with Crippen molar-refractivity contribution in [2.45, 2.75) is 19.4 Å². The summed E-state index contributed by atoms with van der Waals surface area (Å²) in [7, 11) is 0. The van der Waals surface area contributed by atoms with Gasteiger partial charge in [0.1, 0.15) is 0 Å². The van der Waals surface area contributed by atoms with Gasteiger partial charge in [-0.1, -0.05) is 35.5 Å². The molecule has 0 bridgehead atoms. The van der Waals surface area contributed by atoms with Gasteiger partial charge in [-0.15, -0.1) is 16.4 Å². The molecule has 0 fully saturated rings. The largest absolute Gasteiger partial charge is 0.350 e. The van der Waals surface area contributed by atoms with Crippen LogP contribution in [0.3, 0.4) is 0 Å². The minimum absolute atomic E-state index is 0.203. The second kappa shape index (κ2) is 7.64. The molecule has 1 aromatic carbocycles. The molecular formula is C16H17N5OS. The number of rotatable bonds is 7. The molecule has 23 heavy (non-hydrogen) atoms. The van der Waals surface area contributed by atoms with Gasteiger partial charge in [-0.25, -0.2) is 4.98 Å². The second-order valence-electron chi connectivity index (χ2n) is 5.09. The molecule has 1 N–H and O–H groups in total. The minimum atomic E-state index is -0.203. The number of nitrogens with zero attached hydrogens (tertiary/aromatic N) is 4. The highest BCUT2D eigenvalue weighted by Gasteiger charge is 2.10. The van der Waals surface area contributed by atoms with Crippen LogP contribution >= 0.6 is 11.3 Å². The summed E-state index contributed by atoms with van der Waals surface area (Å²) in [6, 6.07) is 10.2. The first kappa shape index (κ1) is 15.4. The van der Waals surface area contributed by atoms with Gasteiger partial charge < -0.3 is 5.32 Å². The molecule has 118 valence electrons. The Morgan fingerprint density at radius 3 is 2.87 bits per heavy atom. The number of carbonyl (C=O) groups excluding carboxylic acids is 1. The summed E-state index contributed by atoms with van der Waals surface area (Å²) in [4.78, 5) is 16.2. The Morgan fingerprint density at radius 2 is 2.09 bits per heavy atom. The van der Waals surface area contributed by atoms with E-state index in [4.69, 9.17) is 0 Å². The van der Waals surface area contributed by atoms with Crippen molar-refractivity contribution in [3.8, 4) is 0 Å². The number of aryl methyl sites for hydroxylation is 2. The Kier molecular flexibility index (Phi) is 5.10. The van der Waals surface area contributed by atoms with Crippen molar-refractivity contribution in [3.05, 3.63) is 64.4 Å². The Morgan fingerprint density at radius 1 is 1.22 bits per heavy atom. The lowest BCUT2D eigenvalue weighted by atomic mass is 10.1. The lowest BCUT2D eigenvalue weighted by molar-refractivity contribution is 0.0949. The SMILES string of the molecule is O=C(NCCc1cscn1)c1cn(CCc2ccccc2)nn1. The molecule has 0 aliphatic rings. The highest BCUT2D eigenvalue weighted by Crippen LogP contribution is 2.03. The van der Waals surface area contributed by atoms with E-state index in [0.717, 1.165) is 18.5 Å². The number of benzene rings is 1. The van der Waals surface area contributed by atoms with Crippen LogP contribution in [0.2, 0.25) is 0 Å². The van der Waals surface area contributed by atoms with Gasteiger partial charge in [-0.2, -0.15) is 0 Å². The van der Waals surface area contributed by atoms with Crippen LogP contribution in [-0.4, -0.2) is 32.4 Å². The van der Waals surface area contributed by atoms with E-state index >= 15 is 0 Å². The molecule has 2 aromatic heterocycles. The molecule has 0 aliphatic heterocycles. The van der Waals surface area contributed by atoms with Crippen molar-refractivity contribution in [2.24, 2.45) is 0 Å². The first-order valence-electron chi connectivity index (χ1n) is 7.40. The molecule has 7 heteroatoms. The summed E-state index contributed by atoms with van der Waals surface area (Å²) in [6.45, 7) is 1.24. The first-order valence-corrected chi connectivity index (χ1v) is 8.35. The molecule has 2 heterocycles. The molecule has 3 aromatic rings. The van der Waals surface area contributed by atoms with Crippen LogP contribution in [0.5, 0.6) is 0 Å². The first-order chi connectivity index (χ1) is 11.3. The van der Waals surface area contributed by atoms with Crippen molar-refractivity contribution >= 4 is 17.2 Å². The monoisotopic (exact) mass is 327 g/mol. The van der Waals surface area contributed by atoms with E-state index in [0.29, 0.717) is 18.8 Å². The molecule has 0 aliphatic carbocycles. The van der Waals surface area contributed by atoms with E-state index in [1.807, 2.05) is 23.6 Å². The Labute approximate surface area is 138 Å². The minimum Gasteiger partial charge on any atom is -0.350 e. The summed E-state index contributed by atoms with van der Waals surface area (Å²) in [5, 5.41) is 12.7. The van der Waals surface area contributed by atoms with E-state index in [1.54, 1.807) is 27.7 Å². The predicted molar refractivity (Wildman–Crippen MR) is 88.3 cm³/mol. The third-order valence-electron chi connectivity index (χ3n) is 3.39. The predicted octanol–water partition coefficient (Wildman–Crippen LogP) is 1.95. The summed E-state index contributed by atoms with van der Waals surface area (Å²) in [6.07, 6.45) is 3.26. The van der Waals surface area contributed by atoms with Crippen molar-refractivity contribution in [2.75, 3.05) is 6.54 Å². The van der Waals surface area contributed by atoms with Gasteiger partial charge >= 0.3 is 0 Å². The highest BCUT2D eigenvalue weighted by atomic mass is 32.1. The number of hydrogen-bond donors (Lipinski definition) is 1. The number of aromatic nitrogens is 4. The zero-order valence-corrected chi connectivity index (χ0v) is 13.4. The lowest BCUT2D eigenvalue weighted by Gasteiger charge is -2.01. The van der Waals surface area contributed by atoms with Gasteiger partial charge in [0.25, 0.3) is 5.91 Å². The summed E-state index contributed by atoms with van der Waals surface area (Å²) >= 11 is 1.55. The average molecular weight is 327 g/mol. The quantitative estimate of drug-likeness (QED) is 0.720. The maximum atomic E-state index is 12.0. The molecule has 0 saturated heterocycles. The van der Waals surface area contributed by atoms with Gasteiger partial charge in [0, 0.05) is 24.9 Å². The Balaban J connectivity index is 1.47. The number of nitrogens with one attached hydrogen (secondary N) is 1. The maximum Gasteiger partial charge on any atom is 0.273 e. The molecule has 0 spiro atoms. The number of thiazole rings is 1. The molecule has 0 saturated carbocycles. The molecule has 0 unspecified atom stereocenters. The van der Waals surface area contributed by atoms with Crippen LogP contribution in [0.4, 0.5) is 0 Å².